The molecule has 0 amide bonds. The van der Waals surface area contributed by atoms with Crippen LogP contribution in [-0.4, -0.2) is 0 Å². The molecule has 0 aromatic carbocycles. The monoisotopic (exact) mass is 168 g/mol. The Morgan fingerprint density at radius 2 is 1.38 bits per heavy atom. The van der Waals surface area contributed by atoms with Gasteiger partial charge in [-0.25, -0.2) is 0 Å². The van der Waals surface area contributed by atoms with E-state index in [1.807, 2.05) is 12.2 Å². The minimum absolute atomic E-state index is 0.442. The van der Waals surface area contributed by atoms with Crippen molar-refractivity contribution in [3.05, 3.63) is 72.4 Å². The first-order chi connectivity index (χ1) is 6.47. The summed E-state index contributed by atoms with van der Waals surface area (Å²) in [5.41, 5.74) is 1.35. The Kier molecular flexibility index (Phi) is 2.42. The van der Waals surface area contributed by atoms with Crippen molar-refractivity contribution in [3.8, 4) is 0 Å². The van der Waals surface area contributed by atoms with Crippen LogP contribution in [0.5, 0.6) is 0 Å². The topological polar surface area (TPSA) is 0 Å². The number of hydrogen-bond donors (Lipinski definition) is 0. The molecule has 0 fully saturated rings. The van der Waals surface area contributed by atoms with Gasteiger partial charge in [0.05, 0.1) is 0 Å². The van der Waals surface area contributed by atoms with E-state index in [0.717, 1.165) is 0 Å². The number of fused-ring (bicyclic) bond motifs is 1. The first-order valence-electron chi connectivity index (χ1n) is 4.53. The lowest BCUT2D eigenvalue weighted by atomic mass is 9.94. The average Bonchev–Trinajstić information content (AvgIpc) is 2.28. The number of hydrogen-bond acceptors (Lipinski definition) is 0. The number of rotatable bonds is 0. The van der Waals surface area contributed by atoms with Gasteiger partial charge in [-0.2, -0.15) is 0 Å². The van der Waals surface area contributed by atoms with Crippen LogP contribution in [0.1, 0.15) is 0 Å². The molecular formula is C13H12. The van der Waals surface area contributed by atoms with E-state index in [0.29, 0.717) is 5.92 Å². The highest BCUT2D eigenvalue weighted by molar-refractivity contribution is 5.40. The van der Waals surface area contributed by atoms with Crippen LogP contribution < -0.4 is 0 Å². The maximum Gasteiger partial charge on any atom is 0.0204 e. The van der Waals surface area contributed by atoms with Gasteiger partial charge in [-0.3, -0.25) is 0 Å². The molecule has 0 radical (unpaired) electrons. The van der Waals surface area contributed by atoms with Gasteiger partial charge in [0.25, 0.3) is 0 Å². The third kappa shape index (κ3) is 1.97. The van der Waals surface area contributed by atoms with E-state index in [1.54, 1.807) is 0 Å². The fourth-order valence-electron chi connectivity index (χ4n) is 1.46. The van der Waals surface area contributed by atoms with Crippen LogP contribution in [0.2, 0.25) is 0 Å². The van der Waals surface area contributed by atoms with Crippen molar-refractivity contribution in [2.24, 2.45) is 5.92 Å². The van der Waals surface area contributed by atoms with Crippen LogP contribution in [0.3, 0.4) is 0 Å². The van der Waals surface area contributed by atoms with Gasteiger partial charge in [-0.05, 0) is 5.57 Å². The molecule has 1 unspecified atom stereocenters. The maximum atomic E-state index is 2.20. The predicted octanol–water partition coefficient (Wildman–Crippen LogP) is 3.34. The van der Waals surface area contributed by atoms with Crippen molar-refractivity contribution in [2.45, 2.75) is 0 Å². The molecule has 13 heavy (non-hydrogen) atoms. The van der Waals surface area contributed by atoms with Gasteiger partial charge in [0.15, 0.2) is 0 Å². The molecule has 2 aliphatic rings. The highest BCUT2D eigenvalue weighted by atomic mass is 14.1. The summed E-state index contributed by atoms with van der Waals surface area (Å²) in [6.07, 6.45) is 23.2. The smallest absolute Gasteiger partial charge is 0.0204 e. The molecule has 2 rings (SSSR count). The summed E-state index contributed by atoms with van der Waals surface area (Å²) >= 11 is 0. The second-order valence-electron chi connectivity index (χ2n) is 3.09. The van der Waals surface area contributed by atoms with Crippen LogP contribution in [-0.2, 0) is 0 Å². The molecular weight excluding hydrogens is 156 g/mol. The Bertz CT molecular complexity index is 346. The summed E-state index contributed by atoms with van der Waals surface area (Å²) in [5, 5.41) is 0. The molecule has 0 nitrogen and oxygen atoms in total. The van der Waals surface area contributed by atoms with E-state index >= 15 is 0 Å². The fourth-order valence-corrected chi connectivity index (χ4v) is 1.46. The molecule has 0 heterocycles. The maximum absolute atomic E-state index is 2.20. The summed E-state index contributed by atoms with van der Waals surface area (Å²) in [6.45, 7) is 0. The molecule has 0 saturated heterocycles. The highest BCUT2D eigenvalue weighted by Crippen LogP contribution is 2.20. The lowest BCUT2D eigenvalue weighted by Crippen LogP contribution is -1.97. The Morgan fingerprint density at radius 3 is 2.31 bits per heavy atom. The van der Waals surface area contributed by atoms with E-state index in [9.17, 15) is 0 Å². The molecule has 0 spiro atoms. The Balaban J connectivity index is 2.35. The predicted molar refractivity (Wildman–Crippen MR) is 57.3 cm³/mol. The summed E-state index contributed by atoms with van der Waals surface area (Å²) < 4.78 is 0. The molecule has 0 N–H and O–H groups in total. The third-order valence-electron chi connectivity index (χ3n) is 2.15. The van der Waals surface area contributed by atoms with Crippen molar-refractivity contribution < 1.29 is 0 Å². The second-order valence-corrected chi connectivity index (χ2v) is 3.09. The minimum atomic E-state index is 0.442. The molecule has 0 aromatic heterocycles. The lowest BCUT2D eigenvalue weighted by molar-refractivity contribution is 0.995. The van der Waals surface area contributed by atoms with E-state index in [-0.39, 0.29) is 0 Å². The average molecular weight is 168 g/mol. The van der Waals surface area contributed by atoms with Crippen molar-refractivity contribution in [2.75, 3.05) is 0 Å². The number of allylic oxidation sites excluding steroid dienone is 12. The molecule has 0 aliphatic heterocycles. The molecule has 0 bridgehead atoms. The Hall–Kier alpha value is -1.56. The molecule has 0 aromatic rings. The Labute approximate surface area is 79.0 Å². The summed E-state index contributed by atoms with van der Waals surface area (Å²) in [6, 6.07) is 0. The zero-order valence-corrected chi connectivity index (χ0v) is 7.43. The van der Waals surface area contributed by atoms with Gasteiger partial charge < -0.3 is 0 Å². The minimum Gasteiger partial charge on any atom is -0.0732 e. The summed E-state index contributed by atoms with van der Waals surface area (Å²) in [7, 11) is 0. The van der Waals surface area contributed by atoms with Gasteiger partial charge in [-0.1, -0.05) is 66.8 Å². The van der Waals surface area contributed by atoms with E-state index < -0.39 is 0 Å². The van der Waals surface area contributed by atoms with Crippen LogP contribution >= 0.6 is 0 Å². The fraction of sp³-hybridized carbons (Fsp3) is 0.0769. The van der Waals surface area contributed by atoms with Gasteiger partial charge in [0.2, 0.25) is 0 Å². The lowest BCUT2D eigenvalue weighted by Gasteiger charge is -2.11. The van der Waals surface area contributed by atoms with Crippen LogP contribution in [0.25, 0.3) is 0 Å². The molecule has 0 heteroatoms. The van der Waals surface area contributed by atoms with Crippen molar-refractivity contribution >= 4 is 0 Å². The Morgan fingerprint density at radius 1 is 0.692 bits per heavy atom. The largest absolute Gasteiger partial charge is 0.0732 e. The second kappa shape index (κ2) is 3.90. The quantitative estimate of drug-likeness (QED) is 0.520. The highest BCUT2D eigenvalue weighted by Gasteiger charge is 2.05. The zero-order valence-electron chi connectivity index (χ0n) is 7.43. The first kappa shape index (κ1) is 8.06. The van der Waals surface area contributed by atoms with Crippen molar-refractivity contribution in [1.29, 1.82) is 0 Å². The van der Waals surface area contributed by atoms with Crippen LogP contribution in [0, 0.1) is 5.92 Å². The van der Waals surface area contributed by atoms with E-state index in [1.165, 1.54) is 5.57 Å². The molecule has 64 valence electrons. The van der Waals surface area contributed by atoms with E-state index in [4.69, 9.17) is 0 Å². The standard InChI is InChI=1S/C13H12/c1-2-4-8-12-10-6-7-11-13(12)9-5-3-1/h1-12H. The SMILES string of the molecule is C1=CC=CC2C=CC=CC2=CC=C1. The first-order valence-corrected chi connectivity index (χ1v) is 4.53. The van der Waals surface area contributed by atoms with Crippen molar-refractivity contribution in [3.63, 3.8) is 0 Å². The van der Waals surface area contributed by atoms with Gasteiger partial charge >= 0.3 is 0 Å². The van der Waals surface area contributed by atoms with Gasteiger partial charge in [0, 0.05) is 5.92 Å². The molecule has 2 aliphatic carbocycles. The zero-order chi connectivity index (χ0) is 8.93. The van der Waals surface area contributed by atoms with Crippen LogP contribution in [0.15, 0.2) is 72.4 Å². The van der Waals surface area contributed by atoms with Crippen LogP contribution in [0.4, 0.5) is 0 Å². The van der Waals surface area contributed by atoms with Crippen molar-refractivity contribution in [1.82, 2.24) is 0 Å². The summed E-state index contributed by atoms with van der Waals surface area (Å²) in [5.74, 6) is 0.442. The third-order valence-corrected chi connectivity index (χ3v) is 2.15. The van der Waals surface area contributed by atoms with Gasteiger partial charge in [-0.15, -0.1) is 0 Å². The van der Waals surface area contributed by atoms with Gasteiger partial charge in [0.1, 0.15) is 0 Å². The molecule has 1 atom stereocenters. The van der Waals surface area contributed by atoms with E-state index in [2.05, 4.69) is 54.7 Å². The normalized spacial score (nSPS) is 24.6. The molecule has 0 saturated carbocycles. The summed E-state index contributed by atoms with van der Waals surface area (Å²) in [4.78, 5) is 0.